The molecule has 37 heavy (non-hydrogen) atoms. The summed E-state index contributed by atoms with van der Waals surface area (Å²) in [5, 5.41) is 5.14. The van der Waals surface area contributed by atoms with Gasteiger partial charge in [-0.2, -0.15) is 13.2 Å². The van der Waals surface area contributed by atoms with Gasteiger partial charge >= 0.3 is 12.1 Å². The molecule has 0 spiro atoms. The fourth-order valence-corrected chi connectivity index (χ4v) is 3.71. The number of alkyl halides is 3. The average molecular weight is 560 g/mol. The van der Waals surface area contributed by atoms with Crippen molar-refractivity contribution in [1.29, 1.82) is 0 Å². The van der Waals surface area contributed by atoms with Gasteiger partial charge in [-0.05, 0) is 48.4 Å². The lowest BCUT2D eigenvalue weighted by Crippen LogP contribution is -2.37. The zero-order valence-corrected chi connectivity index (χ0v) is 21.0. The SMILES string of the molecule is COc1cccc(OCCCNC(=O)C(F)(F)F)c1C1=CC(NC(=O)COc2ccc(Cl)cc2Cl)=NC1. The van der Waals surface area contributed by atoms with Crippen LogP contribution in [0, 0.1) is 0 Å². The van der Waals surface area contributed by atoms with Gasteiger partial charge in [-0.15, -0.1) is 0 Å². The van der Waals surface area contributed by atoms with E-state index in [9.17, 15) is 22.8 Å². The van der Waals surface area contributed by atoms with Crippen molar-refractivity contribution in [1.82, 2.24) is 10.6 Å². The Morgan fingerprint density at radius 1 is 1.08 bits per heavy atom. The molecule has 0 fully saturated rings. The number of halogens is 5. The number of methoxy groups -OCH3 is 1. The fraction of sp³-hybridized carbons (Fsp3) is 0.292. The first kappa shape index (κ1) is 28.1. The van der Waals surface area contributed by atoms with Crippen LogP contribution >= 0.6 is 23.2 Å². The number of nitrogens with zero attached hydrogens (tertiary/aromatic N) is 1. The summed E-state index contributed by atoms with van der Waals surface area (Å²) in [5.41, 5.74) is 1.27. The second-order valence-electron chi connectivity index (χ2n) is 7.57. The van der Waals surface area contributed by atoms with Gasteiger partial charge in [0.15, 0.2) is 6.61 Å². The molecule has 0 saturated heterocycles. The summed E-state index contributed by atoms with van der Waals surface area (Å²) in [7, 11) is 1.48. The lowest BCUT2D eigenvalue weighted by Gasteiger charge is -2.15. The zero-order chi connectivity index (χ0) is 27.0. The number of hydrogen-bond acceptors (Lipinski definition) is 6. The first-order valence-electron chi connectivity index (χ1n) is 10.9. The minimum absolute atomic E-state index is 0.0423. The molecule has 0 unspecified atom stereocenters. The lowest BCUT2D eigenvalue weighted by molar-refractivity contribution is -0.173. The van der Waals surface area contributed by atoms with E-state index >= 15 is 0 Å². The molecule has 2 amide bonds. The van der Waals surface area contributed by atoms with E-state index in [2.05, 4.69) is 10.3 Å². The highest BCUT2D eigenvalue weighted by Gasteiger charge is 2.38. The second kappa shape index (κ2) is 12.7. The highest BCUT2D eigenvalue weighted by molar-refractivity contribution is 6.35. The van der Waals surface area contributed by atoms with Crippen LogP contribution in [0.5, 0.6) is 17.2 Å². The minimum Gasteiger partial charge on any atom is -0.496 e. The van der Waals surface area contributed by atoms with Crippen molar-refractivity contribution in [3.05, 3.63) is 58.1 Å². The number of amidine groups is 1. The Morgan fingerprint density at radius 2 is 1.84 bits per heavy atom. The van der Waals surface area contributed by atoms with Crippen molar-refractivity contribution in [2.45, 2.75) is 12.6 Å². The Hall–Kier alpha value is -3.44. The number of hydrogen-bond donors (Lipinski definition) is 2. The first-order chi connectivity index (χ1) is 17.6. The third kappa shape index (κ3) is 8.02. The Balaban J connectivity index is 1.58. The summed E-state index contributed by atoms with van der Waals surface area (Å²) in [4.78, 5) is 27.5. The van der Waals surface area contributed by atoms with E-state index in [4.69, 9.17) is 37.4 Å². The van der Waals surface area contributed by atoms with E-state index in [0.717, 1.165) is 0 Å². The van der Waals surface area contributed by atoms with Crippen molar-refractivity contribution in [3.63, 3.8) is 0 Å². The third-order valence-electron chi connectivity index (χ3n) is 4.90. The summed E-state index contributed by atoms with van der Waals surface area (Å²) in [6.07, 6.45) is -3.13. The molecule has 1 aliphatic heterocycles. The molecule has 0 atom stereocenters. The number of nitrogens with one attached hydrogen (secondary N) is 2. The van der Waals surface area contributed by atoms with Crippen LogP contribution in [0.4, 0.5) is 13.2 Å². The van der Waals surface area contributed by atoms with E-state index in [1.807, 2.05) is 0 Å². The lowest BCUT2D eigenvalue weighted by atomic mass is 10.0. The number of ether oxygens (including phenoxy) is 3. The normalized spacial score (nSPS) is 12.9. The predicted molar refractivity (Wildman–Crippen MR) is 133 cm³/mol. The molecular formula is C24H22Cl2F3N3O5. The number of benzene rings is 2. The van der Waals surface area contributed by atoms with Crippen LogP contribution in [0.25, 0.3) is 5.57 Å². The van der Waals surface area contributed by atoms with Gasteiger partial charge in [0.25, 0.3) is 5.91 Å². The quantitative estimate of drug-likeness (QED) is 0.419. The van der Waals surface area contributed by atoms with E-state index in [0.29, 0.717) is 39.2 Å². The van der Waals surface area contributed by atoms with Gasteiger partial charge in [-0.1, -0.05) is 29.3 Å². The van der Waals surface area contributed by atoms with Crippen molar-refractivity contribution >= 4 is 46.4 Å². The maximum atomic E-state index is 12.3. The first-order valence-corrected chi connectivity index (χ1v) is 11.6. The number of carbonyl (C=O) groups is 2. The van der Waals surface area contributed by atoms with Gasteiger partial charge in [0.1, 0.15) is 23.1 Å². The van der Waals surface area contributed by atoms with Crippen molar-refractivity contribution in [3.8, 4) is 17.2 Å². The Labute approximate surface area is 220 Å². The van der Waals surface area contributed by atoms with Crippen LogP contribution in [-0.2, 0) is 9.59 Å². The molecule has 198 valence electrons. The van der Waals surface area contributed by atoms with Gasteiger partial charge in [0.05, 0.1) is 30.8 Å². The van der Waals surface area contributed by atoms with Crippen LogP contribution < -0.4 is 24.8 Å². The van der Waals surface area contributed by atoms with Gasteiger partial charge in [0.2, 0.25) is 0 Å². The van der Waals surface area contributed by atoms with Gasteiger partial charge in [-0.25, -0.2) is 0 Å². The molecular weight excluding hydrogens is 538 g/mol. The van der Waals surface area contributed by atoms with E-state index in [-0.39, 0.29) is 37.7 Å². The van der Waals surface area contributed by atoms with Crippen molar-refractivity contribution in [2.24, 2.45) is 4.99 Å². The van der Waals surface area contributed by atoms with Crippen LogP contribution in [0.2, 0.25) is 10.0 Å². The molecule has 1 aliphatic rings. The monoisotopic (exact) mass is 559 g/mol. The molecule has 1 heterocycles. The largest absolute Gasteiger partial charge is 0.496 e. The molecule has 0 bridgehead atoms. The number of rotatable bonds is 10. The molecule has 13 heteroatoms. The van der Waals surface area contributed by atoms with Crippen LogP contribution in [0.1, 0.15) is 12.0 Å². The standard InChI is InChI=1S/C24H22Cl2F3N3O5/c1-35-18-4-2-5-19(36-9-3-8-30-23(34)24(27,28)29)22(18)14-10-20(31-12-14)32-21(33)13-37-17-7-6-15(25)11-16(17)26/h2,4-7,10-11H,3,8-9,12-13H2,1H3,(H,30,34)(H,31,32,33). The molecule has 2 N–H and O–H groups in total. The summed E-state index contributed by atoms with van der Waals surface area (Å²) >= 11 is 11.9. The molecule has 0 saturated carbocycles. The highest BCUT2D eigenvalue weighted by Crippen LogP contribution is 2.36. The Morgan fingerprint density at radius 3 is 2.54 bits per heavy atom. The van der Waals surface area contributed by atoms with Gasteiger partial charge in [0, 0.05) is 11.6 Å². The molecule has 8 nitrogen and oxygen atoms in total. The smallest absolute Gasteiger partial charge is 0.471 e. The Kier molecular flexibility index (Phi) is 9.65. The van der Waals surface area contributed by atoms with Gasteiger partial charge < -0.3 is 24.8 Å². The van der Waals surface area contributed by atoms with Crippen LogP contribution in [0.15, 0.2) is 47.5 Å². The Bertz CT molecular complexity index is 1220. The third-order valence-corrected chi connectivity index (χ3v) is 5.43. The predicted octanol–water partition coefficient (Wildman–Crippen LogP) is 4.44. The summed E-state index contributed by atoms with van der Waals surface area (Å²) in [5.74, 6) is -0.954. The fourth-order valence-electron chi connectivity index (χ4n) is 3.24. The molecule has 0 aromatic heterocycles. The van der Waals surface area contributed by atoms with Crippen LogP contribution in [-0.4, -0.2) is 57.2 Å². The van der Waals surface area contributed by atoms with Gasteiger partial charge in [-0.3, -0.25) is 14.6 Å². The summed E-state index contributed by atoms with van der Waals surface area (Å²) in [6, 6.07) is 9.72. The maximum absolute atomic E-state index is 12.3. The summed E-state index contributed by atoms with van der Waals surface area (Å²) < 4.78 is 53.4. The van der Waals surface area contributed by atoms with Crippen LogP contribution in [0.3, 0.4) is 0 Å². The van der Waals surface area contributed by atoms with E-state index in [1.54, 1.807) is 41.7 Å². The molecule has 2 aromatic rings. The second-order valence-corrected chi connectivity index (χ2v) is 8.42. The molecule has 0 radical (unpaired) electrons. The topological polar surface area (TPSA) is 98.2 Å². The van der Waals surface area contributed by atoms with Crippen molar-refractivity contribution < 1.29 is 37.0 Å². The minimum atomic E-state index is -4.93. The van der Waals surface area contributed by atoms with E-state index in [1.165, 1.54) is 13.2 Å². The molecule has 0 aliphatic carbocycles. The molecule has 2 aromatic carbocycles. The van der Waals surface area contributed by atoms with Crippen molar-refractivity contribution in [2.75, 3.05) is 33.4 Å². The highest BCUT2D eigenvalue weighted by atomic mass is 35.5. The molecule has 3 rings (SSSR count). The summed E-state index contributed by atoms with van der Waals surface area (Å²) in [6.45, 7) is -0.251. The van der Waals surface area contributed by atoms with E-state index < -0.39 is 18.0 Å². The number of amides is 2. The average Bonchev–Trinajstić information content (AvgIpc) is 3.30. The zero-order valence-electron chi connectivity index (χ0n) is 19.5. The number of aliphatic imine (C=N–C) groups is 1. The maximum Gasteiger partial charge on any atom is 0.471 e. The number of carbonyl (C=O) groups excluding carboxylic acids is 2.